The zero-order valence-corrected chi connectivity index (χ0v) is 12.0. The number of benzene rings is 1. The maximum atomic E-state index is 13.7. The van der Waals surface area contributed by atoms with Crippen LogP contribution in [0.3, 0.4) is 0 Å². The second kappa shape index (κ2) is 6.54. The summed E-state index contributed by atoms with van der Waals surface area (Å²) in [5.41, 5.74) is 0.391. The summed E-state index contributed by atoms with van der Waals surface area (Å²) >= 11 is 0. The molecule has 0 aliphatic heterocycles. The van der Waals surface area contributed by atoms with Gasteiger partial charge in [-0.05, 0) is 30.2 Å². The molecular formula is C16H18FNO3. The number of halogens is 1. The Morgan fingerprint density at radius 1 is 1.29 bits per heavy atom. The van der Waals surface area contributed by atoms with Crippen molar-refractivity contribution in [3.8, 4) is 11.3 Å². The third-order valence-corrected chi connectivity index (χ3v) is 3.23. The molecule has 0 saturated carbocycles. The highest BCUT2D eigenvalue weighted by Crippen LogP contribution is 2.24. The SMILES string of the molecule is CC(C)C(NCc1ccc(-c2ccccc2F)o1)C(=O)O. The first-order chi connectivity index (χ1) is 9.99. The predicted molar refractivity (Wildman–Crippen MR) is 77.2 cm³/mol. The van der Waals surface area contributed by atoms with Gasteiger partial charge in [0.2, 0.25) is 0 Å². The van der Waals surface area contributed by atoms with Crippen LogP contribution in [0.1, 0.15) is 19.6 Å². The Morgan fingerprint density at radius 3 is 2.62 bits per heavy atom. The standard InChI is InChI=1S/C16H18FNO3/c1-10(2)15(16(19)20)18-9-11-7-8-14(21-11)12-5-3-4-6-13(12)17/h3-8,10,15,18H,9H2,1-2H3,(H,19,20). The van der Waals surface area contributed by atoms with Gasteiger partial charge < -0.3 is 9.52 Å². The Labute approximate surface area is 122 Å². The van der Waals surface area contributed by atoms with Gasteiger partial charge in [-0.15, -0.1) is 0 Å². The fraction of sp³-hybridized carbons (Fsp3) is 0.312. The van der Waals surface area contributed by atoms with Crippen LogP contribution in [0.15, 0.2) is 40.8 Å². The Morgan fingerprint density at radius 2 is 2.00 bits per heavy atom. The van der Waals surface area contributed by atoms with Gasteiger partial charge in [0.25, 0.3) is 0 Å². The smallest absolute Gasteiger partial charge is 0.320 e. The molecule has 112 valence electrons. The Bertz CT molecular complexity index is 621. The van der Waals surface area contributed by atoms with E-state index in [2.05, 4.69) is 5.32 Å². The van der Waals surface area contributed by atoms with Crippen LogP contribution in [0, 0.1) is 11.7 Å². The minimum absolute atomic E-state index is 0.0384. The summed E-state index contributed by atoms with van der Waals surface area (Å²) in [5, 5.41) is 12.0. The average Bonchev–Trinajstić information content (AvgIpc) is 2.87. The summed E-state index contributed by atoms with van der Waals surface area (Å²) in [7, 11) is 0. The molecule has 0 aliphatic carbocycles. The molecule has 0 saturated heterocycles. The van der Waals surface area contributed by atoms with Crippen molar-refractivity contribution in [3.05, 3.63) is 48.0 Å². The van der Waals surface area contributed by atoms with E-state index in [0.29, 0.717) is 17.1 Å². The molecule has 0 aliphatic rings. The largest absolute Gasteiger partial charge is 0.480 e. The number of rotatable bonds is 6. The van der Waals surface area contributed by atoms with Crippen molar-refractivity contribution in [3.63, 3.8) is 0 Å². The van der Waals surface area contributed by atoms with Crippen molar-refractivity contribution in [1.29, 1.82) is 0 Å². The summed E-state index contributed by atoms with van der Waals surface area (Å²) < 4.78 is 19.2. The van der Waals surface area contributed by atoms with E-state index in [0.717, 1.165) is 0 Å². The third kappa shape index (κ3) is 3.70. The van der Waals surface area contributed by atoms with Crippen molar-refractivity contribution >= 4 is 5.97 Å². The highest BCUT2D eigenvalue weighted by molar-refractivity contribution is 5.73. The molecule has 1 aromatic heterocycles. The number of carbonyl (C=O) groups is 1. The highest BCUT2D eigenvalue weighted by Gasteiger charge is 2.21. The lowest BCUT2D eigenvalue weighted by Crippen LogP contribution is -2.40. The summed E-state index contributed by atoms with van der Waals surface area (Å²) in [6.07, 6.45) is 0. The topological polar surface area (TPSA) is 62.5 Å². The zero-order valence-electron chi connectivity index (χ0n) is 12.0. The number of aliphatic carboxylic acids is 1. The van der Waals surface area contributed by atoms with Crippen LogP contribution in [-0.2, 0) is 11.3 Å². The molecule has 21 heavy (non-hydrogen) atoms. The number of carboxylic acid groups (broad SMARTS) is 1. The van der Waals surface area contributed by atoms with E-state index in [1.807, 2.05) is 13.8 Å². The van der Waals surface area contributed by atoms with Crippen LogP contribution in [-0.4, -0.2) is 17.1 Å². The van der Waals surface area contributed by atoms with Crippen molar-refractivity contribution in [2.75, 3.05) is 0 Å². The Kier molecular flexibility index (Phi) is 4.75. The summed E-state index contributed by atoms with van der Waals surface area (Å²) in [5.74, 6) is -0.284. The minimum atomic E-state index is -0.897. The molecule has 1 atom stereocenters. The van der Waals surface area contributed by atoms with Crippen LogP contribution in [0.25, 0.3) is 11.3 Å². The maximum Gasteiger partial charge on any atom is 0.320 e. The lowest BCUT2D eigenvalue weighted by molar-refractivity contribution is -0.140. The van der Waals surface area contributed by atoms with Gasteiger partial charge in [0.15, 0.2) is 0 Å². The molecule has 2 rings (SSSR count). The molecule has 0 spiro atoms. The molecule has 0 amide bonds. The van der Waals surface area contributed by atoms with E-state index in [1.165, 1.54) is 6.07 Å². The molecule has 1 heterocycles. The first kappa shape index (κ1) is 15.3. The monoisotopic (exact) mass is 291 g/mol. The van der Waals surface area contributed by atoms with Crippen LogP contribution < -0.4 is 5.32 Å². The van der Waals surface area contributed by atoms with Crippen LogP contribution in [0.4, 0.5) is 4.39 Å². The molecule has 2 aromatic rings. The average molecular weight is 291 g/mol. The van der Waals surface area contributed by atoms with E-state index in [-0.39, 0.29) is 18.3 Å². The van der Waals surface area contributed by atoms with E-state index >= 15 is 0 Å². The second-order valence-electron chi connectivity index (χ2n) is 5.19. The number of nitrogens with one attached hydrogen (secondary N) is 1. The Hall–Kier alpha value is -2.14. The van der Waals surface area contributed by atoms with Gasteiger partial charge in [-0.1, -0.05) is 26.0 Å². The quantitative estimate of drug-likeness (QED) is 0.857. The molecule has 0 fully saturated rings. The predicted octanol–water partition coefficient (Wildman–Crippen LogP) is 3.28. The molecule has 1 unspecified atom stereocenters. The maximum absolute atomic E-state index is 13.7. The molecular weight excluding hydrogens is 273 g/mol. The third-order valence-electron chi connectivity index (χ3n) is 3.23. The van der Waals surface area contributed by atoms with Crippen LogP contribution in [0.5, 0.6) is 0 Å². The number of hydrogen-bond donors (Lipinski definition) is 2. The van der Waals surface area contributed by atoms with E-state index in [1.54, 1.807) is 30.3 Å². The minimum Gasteiger partial charge on any atom is -0.480 e. The van der Waals surface area contributed by atoms with Crippen LogP contribution >= 0.6 is 0 Å². The van der Waals surface area contributed by atoms with Crippen molar-refractivity contribution in [1.82, 2.24) is 5.32 Å². The lowest BCUT2D eigenvalue weighted by Gasteiger charge is -2.16. The van der Waals surface area contributed by atoms with Crippen molar-refractivity contribution in [2.24, 2.45) is 5.92 Å². The summed E-state index contributed by atoms with van der Waals surface area (Å²) in [6, 6.07) is 9.11. The second-order valence-corrected chi connectivity index (χ2v) is 5.19. The number of hydrogen-bond acceptors (Lipinski definition) is 3. The molecule has 2 N–H and O–H groups in total. The first-order valence-electron chi connectivity index (χ1n) is 6.79. The van der Waals surface area contributed by atoms with E-state index in [9.17, 15) is 9.18 Å². The first-order valence-corrected chi connectivity index (χ1v) is 6.79. The molecule has 1 aromatic carbocycles. The van der Waals surface area contributed by atoms with Gasteiger partial charge in [0.1, 0.15) is 23.4 Å². The highest BCUT2D eigenvalue weighted by atomic mass is 19.1. The van der Waals surface area contributed by atoms with E-state index < -0.39 is 12.0 Å². The normalized spacial score (nSPS) is 12.6. The molecule has 4 nitrogen and oxygen atoms in total. The molecule has 0 bridgehead atoms. The number of furan rings is 1. The van der Waals surface area contributed by atoms with Gasteiger partial charge >= 0.3 is 5.97 Å². The Balaban J connectivity index is 2.07. The fourth-order valence-corrected chi connectivity index (χ4v) is 2.10. The lowest BCUT2D eigenvalue weighted by atomic mass is 10.1. The zero-order chi connectivity index (χ0) is 15.4. The van der Waals surface area contributed by atoms with Gasteiger partial charge in [-0.3, -0.25) is 10.1 Å². The molecule has 5 heteroatoms. The van der Waals surface area contributed by atoms with Gasteiger partial charge in [-0.25, -0.2) is 4.39 Å². The van der Waals surface area contributed by atoms with E-state index in [4.69, 9.17) is 9.52 Å². The fourth-order valence-electron chi connectivity index (χ4n) is 2.10. The van der Waals surface area contributed by atoms with Crippen molar-refractivity contribution < 1.29 is 18.7 Å². The molecule has 0 radical (unpaired) electrons. The summed E-state index contributed by atoms with van der Waals surface area (Å²) in [4.78, 5) is 11.1. The van der Waals surface area contributed by atoms with Gasteiger partial charge in [0.05, 0.1) is 12.1 Å². The summed E-state index contributed by atoms with van der Waals surface area (Å²) in [6.45, 7) is 3.95. The van der Waals surface area contributed by atoms with Gasteiger partial charge in [-0.2, -0.15) is 0 Å². The van der Waals surface area contributed by atoms with Gasteiger partial charge in [0, 0.05) is 0 Å². The van der Waals surface area contributed by atoms with Crippen LogP contribution in [0.2, 0.25) is 0 Å². The number of carboxylic acids is 1. The van der Waals surface area contributed by atoms with Crippen molar-refractivity contribution in [2.45, 2.75) is 26.4 Å².